The van der Waals surface area contributed by atoms with Gasteiger partial charge in [-0.15, -0.1) is 0 Å². The molecule has 0 spiro atoms. The molecule has 2 aromatic carbocycles. The number of nitrogens with one attached hydrogen (secondary N) is 1. The van der Waals surface area contributed by atoms with Crippen LogP contribution in [0, 0.1) is 0 Å². The fourth-order valence-corrected chi connectivity index (χ4v) is 2.12. The quantitative estimate of drug-likeness (QED) is 0.866. The Balaban J connectivity index is 1.90. The smallest absolute Gasteiger partial charge is 0.216 e. The first-order valence-electron chi connectivity index (χ1n) is 7.22. The monoisotopic (exact) mass is 283 g/mol. The van der Waals surface area contributed by atoms with Crippen LogP contribution in [0.15, 0.2) is 54.6 Å². The number of para-hydroxylation sites is 1. The molecule has 1 amide bonds. The van der Waals surface area contributed by atoms with Crippen molar-refractivity contribution in [3.63, 3.8) is 0 Å². The summed E-state index contributed by atoms with van der Waals surface area (Å²) in [6.45, 7) is 4.41. The molecule has 110 valence electrons. The van der Waals surface area contributed by atoms with E-state index in [1.165, 1.54) is 5.56 Å². The zero-order valence-corrected chi connectivity index (χ0v) is 12.5. The van der Waals surface area contributed by atoms with E-state index in [0.29, 0.717) is 12.5 Å². The molecule has 0 aromatic heterocycles. The lowest BCUT2D eigenvalue weighted by molar-refractivity contribution is -0.118. The van der Waals surface area contributed by atoms with Crippen LogP contribution in [-0.4, -0.2) is 12.5 Å². The van der Waals surface area contributed by atoms with Crippen LogP contribution in [0.2, 0.25) is 0 Å². The second kappa shape index (κ2) is 7.48. The minimum Gasteiger partial charge on any atom is -0.457 e. The Labute approximate surface area is 126 Å². The van der Waals surface area contributed by atoms with Crippen molar-refractivity contribution in [1.82, 2.24) is 5.32 Å². The van der Waals surface area contributed by atoms with Gasteiger partial charge in [-0.25, -0.2) is 0 Å². The fourth-order valence-electron chi connectivity index (χ4n) is 2.12. The molecule has 0 fully saturated rings. The maximum Gasteiger partial charge on any atom is 0.216 e. The third kappa shape index (κ3) is 4.95. The van der Waals surface area contributed by atoms with Gasteiger partial charge in [0, 0.05) is 13.5 Å². The van der Waals surface area contributed by atoms with Crippen LogP contribution in [0.25, 0.3) is 0 Å². The molecule has 1 unspecified atom stereocenters. The van der Waals surface area contributed by atoms with Gasteiger partial charge in [0.2, 0.25) is 5.91 Å². The Morgan fingerprint density at radius 3 is 2.29 bits per heavy atom. The van der Waals surface area contributed by atoms with Crippen molar-refractivity contribution >= 4 is 5.91 Å². The minimum absolute atomic E-state index is 0.0220. The third-order valence-electron chi connectivity index (χ3n) is 3.38. The van der Waals surface area contributed by atoms with E-state index in [4.69, 9.17) is 4.74 Å². The summed E-state index contributed by atoms with van der Waals surface area (Å²) < 4.78 is 5.77. The molecule has 0 saturated carbocycles. The van der Waals surface area contributed by atoms with E-state index in [2.05, 4.69) is 24.4 Å². The number of hydrogen-bond donors (Lipinski definition) is 1. The normalized spacial score (nSPS) is 11.7. The Morgan fingerprint density at radius 2 is 1.67 bits per heavy atom. The Hall–Kier alpha value is -2.29. The number of amides is 1. The summed E-state index contributed by atoms with van der Waals surface area (Å²) in [7, 11) is 0. The van der Waals surface area contributed by atoms with Crippen molar-refractivity contribution in [2.75, 3.05) is 6.54 Å². The highest BCUT2D eigenvalue weighted by Crippen LogP contribution is 2.25. The molecule has 0 heterocycles. The lowest BCUT2D eigenvalue weighted by Gasteiger charge is -2.13. The Kier molecular flexibility index (Phi) is 5.38. The van der Waals surface area contributed by atoms with E-state index in [9.17, 15) is 4.79 Å². The summed E-state index contributed by atoms with van der Waals surface area (Å²) in [4.78, 5) is 10.9. The number of ether oxygens (including phenoxy) is 1. The number of benzene rings is 2. The van der Waals surface area contributed by atoms with Crippen molar-refractivity contribution in [2.24, 2.45) is 0 Å². The molecule has 1 atom stereocenters. The van der Waals surface area contributed by atoms with Crippen LogP contribution in [0.1, 0.15) is 31.7 Å². The number of carbonyl (C=O) groups is 1. The highest BCUT2D eigenvalue weighted by Gasteiger charge is 2.06. The van der Waals surface area contributed by atoms with Gasteiger partial charge in [0.15, 0.2) is 0 Å². The zero-order chi connectivity index (χ0) is 15.1. The lowest BCUT2D eigenvalue weighted by Crippen LogP contribution is -2.22. The second-order valence-corrected chi connectivity index (χ2v) is 5.16. The van der Waals surface area contributed by atoms with Gasteiger partial charge in [0.05, 0.1) is 0 Å². The van der Waals surface area contributed by atoms with Crippen LogP contribution >= 0.6 is 0 Å². The molecule has 0 bridgehead atoms. The SMILES string of the molecule is CC(=O)NCCC(C)c1ccc(Oc2ccccc2)cc1. The lowest BCUT2D eigenvalue weighted by atomic mass is 9.98. The van der Waals surface area contributed by atoms with Crippen LogP contribution in [0.3, 0.4) is 0 Å². The van der Waals surface area contributed by atoms with E-state index >= 15 is 0 Å². The van der Waals surface area contributed by atoms with E-state index in [1.807, 2.05) is 42.5 Å². The van der Waals surface area contributed by atoms with Gasteiger partial charge < -0.3 is 10.1 Å². The molecule has 2 rings (SSSR count). The Bertz CT molecular complexity index is 564. The summed E-state index contributed by atoms with van der Waals surface area (Å²) in [5.41, 5.74) is 1.25. The molecular formula is C18H21NO2. The van der Waals surface area contributed by atoms with E-state index in [0.717, 1.165) is 17.9 Å². The molecule has 2 aromatic rings. The number of rotatable bonds is 6. The van der Waals surface area contributed by atoms with Gasteiger partial charge in [-0.3, -0.25) is 4.79 Å². The molecule has 0 aliphatic carbocycles. The van der Waals surface area contributed by atoms with E-state index < -0.39 is 0 Å². The first-order valence-corrected chi connectivity index (χ1v) is 7.22. The molecule has 1 N–H and O–H groups in total. The molecule has 0 saturated heterocycles. The first-order chi connectivity index (χ1) is 10.1. The predicted molar refractivity (Wildman–Crippen MR) is 84.7 cm³/mol. The van der Waals surface area contributed by atoms with Gasteiger partial charge in [-0.1, -0.05) is 37.3 Å². The van der Waals surface area contributed by atoms with Gasteiger partial charge in [-0.2, -0.15) is 0 Å². The summed E-state index contributed by atoms with van der Waals surface area (Å²) in [5.74, 6) is 2.10. The first kappa shape index (κ1) is 15.1. The molecule has 3 heteroatoms. The van der Waals surface area contributed by atoms with Crippen molar-refractivity contribution in [3.05, 3.63) is 60.2 Å². The molecule has 21 heavy (non-hydrogen) atoms. The summed E-state index contributed by atoms with van der Waals surface area (Å²) in [5, 5.41) is 2.83. The molecule has 0 aliphatic rings. The molecule has 3 nitrogen and oxygen atoms in total. The van der Waals surface area contributed by atoms with E-state index in [-0.39, 0.29) is 5.91 Å². The fraction of sp³-hybridized carbons (Fsp3) is 0.278. The Morgan fingerprint density at radius 1 is 1.05 bits per heavy atom. The zero-order valence-electron chi connectivity index (χ0n) is 12.5. The predicted octanol–water partition coefficient (Wildman–Crippen LogP) is 4.11. The maximum absolute atomic E-state index is 10.9. The number of carbonyl (C=O) groups excluding carboxylic acids is 1. The minimum atomic E-state index is 0.0220. The highest BCUT2D eigenvalue weighted by atomic mass is 16.5. The summed E-state index contributed by atoms with van der Waals surface area (Å²) >= 11 is 0. The topological polar surface area (TPSA) is 38.3 Å². The molecule has 0 aliphatic heterocycles. The van der Waals surface area contributed by atoms with Crippen molar-refractivity contribution < 1.29 is 9.53 Å². The molecular weight excluding hydrogens is 262 g/mol. The second-order valence-electron chi connectivity index (χ2n) is 5.16. The highest BCUT2D eigenvalue weighted by molar-refractivity contribution is 5.72. The van der Waals surface area contributed by atoms with Gasteiger partial charge >= 0.3 is 0 Å². The van der Waals surface area contributed by atoms with Gasteiger partial charge in [-0.05, 0) is 42.2 Å². The van der Waals surface area contributed by atoms with Crippen LogP contribution in [0.4, 0.5) is 0 Å². The standard InChI is InChI=1S/C18H21NO2/c1-14(12-13-19-15(2)20)16-8-10-18(11-9-16)21-17-6-4-3-5-7-17/h3-11,14H,12-13H2,1-2H3,(H,19,20). The largest absolute Gasteiger partial charge is 0.457 e. The van der Waals surface area contributed by atoms with Gasteiger partial charge in [0.1, 0.15) is 11.5 Å². The van der Waals surface area contributed by atoms with Crippen LogP contribution in [0.5, 0.6) is 11.5 Å². The van der Waals surface area contributed by atoms with Crippen molar-refractivity contribution in [3.8, 4) is 11.5 Å². The third-order valence-corrected chi connectivity index (χ3v) is 3.38. The van der Waals surface area contributed by atoms with Gasteiger partial charge in [0.25, 0.3) is 0 Å². The average Bonchev–Trinajstić information content (AvgIpc) is 2.48. The summed E-state index contributed by atoms with van der Waals surface area (Å²) in [6.07, 6.45) is 0.929. The maximum atomic E-state index is 10.9. The van der Waals surface area contributed by atoms with Crippen LogP contribution < -0.4 is 10.1 Å². The van der Waals surface area contributed by atoms with Crippen molar-refractivity contribution in [2.45, 2.75) is 26.2 Å². The average molecular weight is 283 g/mol. The molecule has 0 radical (unpaired) electrons. The van der Waals surface area contributed by atoms with Crippen molar-refractivity contribution in [1.29, 1.82) is 0 Å². The summed E-state index contributed by atoms with van der Waals surface area (Å²) in [6, 6.07) is 17.9. The van der Waals surface area contributed by atoms with E-state index in [1.54, 1.807) is 6.92 Å². The number of hydrogen-bond acceptors (Lipinski definition) is 2. The van der Waals surface area contributed by atoms with Crippen LogP contribution in [-0.2, 0) is 4.79 Å².